The number of phosphoric acid groups is 1. The molecule has 0 saturated carbocycles. The van der Waals surface area contributed by atoms with Gasteiger partial charge < -0.3 is 15.3 Å². The van der Waals surface area contributed by atoms with Crippen molar-refractivity contribution in [1.29, 1.82) is 0 Å². The average Bonchev–Trinajstić information content (AvgIpc) is 2.67. The topological polar surface area (TPSA) is 97.3 Å². The SMILES string of the molecule is CCOP(=O)(OCC)OCC(O)C[C@H](C)N(C)C(=O)NCc1cccc(F)c1Cl. The summed E-state index contributed by atoms with van der Waals surface area (Å²) in [6, 6.07) is 3.58. The Hall–Kier alpha value is -1.22. The molecule has 0 bridgehead atoms. The van der Waals surface area contributed by atoms with Gasteiger partial charge in [-0.05, 0) is 38.8 Å². The second-order valence-corrected chi connectivity index (χ2v) is 8.35. The summed E-state index contributed by atoms with van der Waals surface area (Å²) in [4.78, 5) is 13.7. The number of amides is 2. The Kier molecular flexibility index (Phi) is 11.1. The van der Waals surface area contributed by atoms with Gasteiger partial charge in [0, 0.05) is 19.6 Å². The Morgan fingerprint density at radius 1 is 1.31 bits per heavy atom. The first kappa shape index (κ1) is 25.8. The van der Waals surface area contributed by atoms with Crippen LogP contribution in [0.15, 0.2) is 18.2 Å². The maximum absolute atomic E-state index is 13.5. The summed E-state index contributed by atoms with van der Waals surface area (Å²) < 4.78 is 40.8. The number of hydrogen-bond donors (Lipinski definition) is 2. The molecule has 1 rings (SSSR count). The molecule has 1 unspecified atom stereocenters. The molecule has 0 heterocycles. The van der Waals surface area contributed by atoms with Gasteiger partial charge in [-0.2, -0.15) is 0 Å². The molecule has 0 aliphatic heterocycles. The molecule has 0 aromatic heterocycles. The zero-order valence-electron chi connectivity index (χ0n) is 17.1. The number of urea groups is 1. The standard InChI is InChI=1S/C18H29ClFN2O6P/c1-5-26-29(25,27-6-2)28-12-15(23)10-13(3)22(4)18(24)21-11-14-8-7-9-16(20)17(14)19/h7-9,13,15,23H,5-6,10-12H2,1-4H3,(H,21,24)/t13-,15?/m0/s1. The van der Waals surface area contributed by atoms with Crippen molar-refractivity contribution in [1.82, 2.24) is 10.2 Å². The van der Waals surface area contributed by atoms with Crippen LogP contribution in [0.5, 0.6) is 0 Å². The minimum absolute atomic E-state index is 0.0379. The number of halogens is 2. The molecule has 0 saturated heterocycles. The van der Waals surface area contributed by atoms with E-state index in [0.717, 1.165) is 0 Å². The third kappa shape index (κ3) is 8.58. The van der Waals surface area contributed by atoms with Crippen LogP contribution in [-0.4, -0.2) is 55.1 Å². The van der Waals surface area contributed by atoms with Crippen molar-refractivity contribution >= 4 is 25.5 Å². The van der Waals surface area contributed by atoms with Gasteiger partial charge in [-0.25, -0.2) is 13.8 Å². The van der Waals surface area contributed by atoms with E-state index in [1.807, 2.05) is 0 Å². The number of benzene rings is 1. The van der Waals surface area contributed by atoms with Gasteiger partial charge in [-0.1, -0.05) is 23.7 Å². The number of carbonyl (C=O) groups excluding carboxylic acids is 1. The van der Waals surface area contributed by atoms with E-state index < -0.39 is 25.8 Å². The highest BCUT2D eigenvalue weighted by Gasteiger charge is 2.27. The fourth-order valence-corrected chi connectivity index (χ4v) is 3.81. The monoisotopic (exact) mass is 454 g/mol. The van der Waals surface area contributed by atoms with Crippen LogP contribution in [0.25, 0.3) is 0 Å². The summed E-state index contributed by atoms with van der Waals surface area (Å²) in [5, 5.41) is 12.8. The number of hydrogen-bond acceptors (Lipinski definition) is 6. The predicted molar refractivity (Wildman–Crippen MR) is 108 cm³/mol. The number of aliphatic hydroxyl groups is 1. The number of nitrogens with zero attached hydrogens (tertiary/aromatic N) is 1. The molecule has 2 atom stereocenters. The normalized spacial score (nSPS) is 13.8. The summed E-state index contributed by atoms with van der Waals surface area (Å²) in [5.74, 6) is -0.556. The maximum atomic E-state index is 13.5. The fraction of sp³-hybridized carbons (Fsp3) is 0.611. The van der Waals surface area contributed by atoms with Gasteiger partial charge in [0.05, 0.1) is 30.9 Å². The van der Waals surface area contributed by atoms with Crippen molar-refractivity contribution in [3.8, 4) is 0 Å². The Balaban J connectivity index is 2.51. The van der Waals surface area contributed by atoms with Crippen molar-refractivity contribution < 1.29 is 32.4 Å². The van der Waals surface area contributed by atoms with Crippen molar-refractivity contribution in [3.63, 3.8) is 0 Å². The van der Waals surface area contributed by atoms with E-state index in [0.29, 0.717) is 5.56 Å². The first-order chi connectivity index (χ1) is 13.6. The third-order valence-electron chi connectivity index (χ3n) is 4.06. The molecule has 0 radical (unpaired) electrons. The molecule has 29 heavy (non-hydrogen) atoms. The highest BCUT2D eigenvalue weighted by Crippen LogP contribution is 2.49. The predicted octanol–water partition coefficient (Wildman–Crippen LogP) is 3.96. The zero-order chi connectivity index (χ0) is 22.0. The van der Waals surface area contributed by atoms with Crippen LogP contribution in [-0.2, 0) is 24.7 Å². The van der Waals surface area contributed by atoms with Gasteiger partial charge in [0.25, 0.3) is 0 Å². The summed E-state index contributed by atoms with van der Waals surface area (Å²) in [6.07, 6.45) is -0.824. The largest absolute Gasteiger partial charge is 0.474 e. The molecule has 0 aliphatic rings. The lowest BCUT2D eigenvalue weighted by atomic mass is 10.1. The molecule has 1 aromatic rings. The lowest BCUT2D eigenvalue weighted by Crippen LogP contribution is -2.43. The number of carbonyl (C=O) groups is 1. The van der Waals surface area contributed by atoms with E-state index in [-0.39, 0.29) is 43.9 Å². The molecular weight excluding hydrogens is 426 g/mol. The van der Waals surface area contributed by atoms with Crippen LogP contribution in [0.4, 0.5) is 9.18 Å². The van der Waals surface area contributed by atoms with E-state index in [9.17, 15) is 18.9 Å². The Labute approximate surface area is 175 Å². The van der Waals surface area contributed by atoms with E-state index in [4.69, 9.17) is 25.2 Å². The molecule has 8 nitrogen and oxygen atoms in total. The Bertz CT molecular complexity index is 701. The Morgan fingerprint density at radius 2 is 1.93 bits per heavy atom. The minimum atomic E-state index is -3.71. The number of rotatable bonds is 12. The molecule has 0 aliphatic carbocycles. The van der Waals surface area contributed by atoms with Crippen LogP contribution in [0.2, 0.25) is 5.02 Å². The van der Waals surface area contributed by atoms with Crippen molar-refractivity contribution in [3.05, 3.63) is 34.6 Å². The summed E-state index contributed by atoms with van der Waals surface area (Å²) >= 11 is 5.87. The van der Waals surface area contributed by atoms with Crippen molar-refractivity contribution in [2.24, 2.45) is 0 Å². The summed E-state index contributed by atoms with van der Waals surface area (Å²) in [5.41, 5.74) is 0.456. The number of phosphoric ester groups is 1. The molecule has 0 spiro atoms. The summed E-state index contributed by atoms with van der Waals surface area (Å²) in [6.45, 7) is 5.11. The molecule has 11 heteroatoms. The second-order valence-electron chi connectivity index (χ2n) is 6.30. The molecule has 1 aromatic carbocycles. The minimum Gasteiger partial charge on any atom is -0.391 e. The molecular formula is C18H29ClFN2O6P. The maximum Gasteiger partial charge on any atom is 0.474 e. The Morgan fingerprint density at radius 3 is 2.52 bits per heavy atom. The van der Waals surface area contributed by atoms with Crippen LogP contribution in [0.3, 0.4) is 0 Å². The van der Waals surface area contributed by atoms with E-state index >= 15 is 0 Å². The van der Waals surface area contributed by atoms with E-state index in [2.05, 4.69) is 5.32 Å². The van der Waals surface area contributed by atoms with E-state index in [1.54, 1.807) is 33.9 Å². The lowest BCUT2D eigenvalue weighted by molar-refractivity contribution is 0.0478. The van der Waals surface area contributed by atoms with E-state index in [1.165, 1.54) is 17.0 Å². The molecule has 2 amide bonds. The first-order valence-electron chi connectivity index (χ1n) is 9.28. The highest BCUT2D eigenvalue weighted by molar-refractivity contribution is 7.48. The fourth-order valence-electron chi connectivity index (χ4n) is 2.41. The molecule has 2 N–H and O–H groups in total. The number of aliphatic hydroxyl groups excluding tert-OH is 1. The van der Waals surface area contributed by atoms with Crippen LogP contribution >= 0.6 is 19.4 Å². The first-order valence-corrected chi connectivity index (χ1v) is 11.1. The summed E-state index contributed by atoms with van der Waals surface area (Å²) in [7, 11) is -2.15. The quantitative estimate of drug-likeness (QED) is 0.464. The van der Waals surface area contributed by atoms with Gasteiger partial charge in [-0.3, -0.25) is 13.6 Å². The molecule has 166 valence electrons. The van der Waals surface area contributed by atoms with Crippen molar-refractivity contribution in [2.75, 3.05) is 26.9 Å². The zero-order valence-corrected chi connectivity index (χ0v) is 18.7. The average molecular weight is 455 g/mol. The van der Waals surface area contributed by atoms with Gasteiger partial charge in [0.15, 0.2) is 0 Å². The smallest absolute Gasteiger partial charge is 0.391 e. The van der Waals surface area contributed by atoms with Gasteiger partial charge in [-0.15, -0.1) is 0 Å². The number of nitrogens with one attached hydrogen (secondary N) is 1. The lowest BCUT2D eigenvalue weighted by Gasteiger charge is -2.27. The molecule has 0 fully saturated rings. The van der Waals surface area contributed by atoms with Crippen molar-refractivity contribution in [2.45, 2.75) is 45.9 Å². The van der Waals surface area contributed by atoms with Gasteiger partial charge in [0.1, 0.15) is 5.82 Å². The second kappa shape index (κ2) is 12.5. The van der Waals surface area contributed by atoms with Gasteiger partial charge in [0.2, 0.25) is 0 Å². The van der Waals surface area contributed by atoms with Crippen LogP contribution in [0.1, 0.15) is 32.8 Å². The van der Waals surface area contributed by atoms with Crippen LogP contribution in [0, 0.1) is 5.82 Å². The third-order valence-corrected chi connectivity index (χ3v) is 6.09. The van der Waals surface area contributed by atoms with Gasteiger partial charge >= 0.3 is 13.9 Å². The van der Waals surface area contributed by atoms with Crippen LogP contribution < -0.4 is 5.32 Å². The highest BCUT2D eigenvalue weighted by atomic mass is 35.5.